The third-order valence-electron chi connectivity index (χ3n) is 2.32. The Morgan fingerprint density at radius 1 is 1.56 bits per heavy atom. The zero-order chi connectivity index (χ0) is 12.0. The Morgan fingerprint density at radius 2 is 2.31 bits per heavy atom. The number of hydrogen-bond donors (Lipinski definition) is 1. The Bertz CT molecular complexity index is 440. The largest absolute Gasteiger partial charge is 0.380 e. The molecule has 0 saturated carbocycles. The summed E-state index contributed by atoms with van der Waals surface area (Å²) in [6.07, 6.45) is 6.67. The summed E-state index contributed by atoms with van der Waals surface area (Å²) in [6.45, 7) is 2.00. The number of rotatable bonds is 4. The van der Waals surface area contributed by atoms with Gasteiger partial charge in [0, 0.05) is 12.5 Å². The van der Waals surface area contributed by atoms with Crippen LogP contribution in [0.1, 0.15) is 25.3 Å². The molecule has 0 aliphatic heterocycles. The molecule has 0 amide bonds. The second-order valence-electron chi connectivity index (χ2n) is 3.46. The fourth-order valence-electron chi connectivity index (χ4n) is 1.39. The summed E-state index contributed by atoms with van der Waals surface area (Å²) < 4.78 is 12.9. The number of anilines is 1. The molecule has 0 aromatic heterocycles. The van der Waals surface area contributed by atoms with Gasteiger partial charge in [0.1, 0.15) is 11.9 Å². The third kappa shape index (κ3) is 3.00. The molecule has 0 aliphatic rings. The van der Waals surface area contributed by atoms with E-state index in [1.165, 1.54) is 12.1 Å². The van der Waals surface area contributed by atoms with Crippen LogP contribution in [-0.4, -0.2) is 6.04 Å². The Labute approximate surface area is 95.1 Å². The molecule has 1 rings (SSSR count). The standard InChI is InChI=1S/C13H13FN2/c1-3-5-12(4-2)16-13-7-6-11(14)8-10(13)9-15/h1,6-8,12,16H,4-5H2,2H3. The fourth-order valence-corrected chi connectivity index (χ4v) is 1.39. The highest BCUT2D eigenvalue weighted by Crippen LogP contribution is 2.18. The van der Waals surface area contributed by atoms with Gasteiger partial charge in [-0.3, -0.25) is 0 Å². The Kier molecular flexibility index (Phi) is 4.36. The van der Waals surface area contributed by atoms with E-state index in [2.05, 4.69) is 11.2 Å². The summed E-state index contributed by atoms with van der Waals surface area (Å²) in [5.74, 6) is 2.16. The van der Waals surface area contributed by atoms with Crippen LogP contribution in [0.15, 0.2) is 18.2 Å². The molecule has 1 N–H and O–H groups in total. The van der Waals surface area contributed by atoms with E-state index in [4.69, 9.17) is 11.7 Å². The van der Waals surface area contributed by atoms with E-state index in [1.54, 1.807) is 6.07 Å². The number of hydrogen-bond acceptors (Lipinski definition) is 2. The summed E-state index contributed by atoms with van der Waals surface area (Å²) in [7, 11) is 0. The molecule has 1 aromatic carbocycles. The number of halogens is 1. The van der Waals surface area contributed by atoms with E-state index < -0.39 is 5.82 Å². The average Bonchev–Trinajstić information content (AvgIpc) is 2.30. The second-order valence-corrected chi connectivity index (χ2v) is 3.46. The smallest absolute Gasteiger partial charge is 0.124 e. The van der Waals surface area contributed by atoms with Crippen molar-refractivity contribution in [2.75, 3.05) is 5.32 Å². The number of benzene rings is 1. The van der Waals surface area contributed by atoms with Gasteiger partial charge in [0.05, 0.1) is 11.3 Å². The molecule has 0 bridgehead atoms. The van der Waals surface area contributed by atoms with E-state index >= 15 is 0 Å². The van der Waals surface area contributed by atoms with Crippen molar-refractivity contribution in [3.63, 3.8) is 0 Å². The van der Waals surface area contributed by atoms with Crippen molar-refractivity contribution in [2.24, 2.45) is 0 Å². The minimum Gasteiger partial charge on any atom is -0.380 e. The normalized spacial score (nSPS) is 11.2. The van der Waals surface area contributed by atoms with Crippen LogP contribution in [0, 0.1) is 29.5 Å². The molecule has 0 saturated heterocycles. The van der Waals surface area contributed by atoms with E-state index in [9.17, 15) is 4.39 Å². The molecule has 0 aliphatic carbocycles. The van der Waals surface area contributed by atoms with Gasteiger partial charge < -0.3 is 5.32 Å². The topological polar surface area (TPSA) is 35.8 Å². The van der Waals surface area contributed by atoms with Crippen molar-refractivity contribution < 1.29 is 4.39 Å². The molecule has 0 spiro atoms. The molecule has 1 unspecified atom stereocenters. The molecule has 3 heteroatoms. The van der Waals surface area contributed by atoms with Crippen LogP contribution in [0.4, 0.5) is 10.1 Å². The molecule has 82 valence electrons. The lowest BCUT2D eigenvalue weighted by Gasteiger charge is -2.16. The van der Waals surface area contributed by atoms with E-state index in [0.717, 1.165) is 6.42 Å². The Morgan fingerprint density at radius 3 is 2.88 bits per heavy atom. The lowest BCUT2D eigenvalue weighted by Crippen LogP contribution is -2.18. The van der Waals surface area contributed by atoms with Crippen molar-refractivity contribution >= 4 is 5.69 Å². The predicted molar refractivity (Wildman–Crippen MR) is 62.3 cm³/mol. The Balaban J connectivity index is 2.89. The second kappa shape index (κ2) is 5.78. The lowest BCUT2D eigenvalue weighted by molar-refractivity contribution is 0.627. The summed E-state index contributed by atoms with van der Waals surface area (Å²) in [5.41, 5.74) is 0.932. The van der Waals surface area contributed by atoms with Crippen molar-refractivity contribution in [3.8, 4) is 18.4 Å². The van der Waals surface area contributed by atoms with E-state index in [1.807, 2.05) is 13.0 Å². The van der Waals surface area contributed by atoms with Gasteiger partial charge in [-0.1, -0.05) is 6.92 Å². The van der Waals surface area contributed by atoms with Gasteiger partial charge in [0.2, 0.25) is 0 Å². The van der Waals surface area contributed by atoms with Crippen LogP contribution < -0.4 is 5.32 Å². The van der Waals surface area contributed by atoms with Crippen molar-refractivity contribution in [1.82, 2.24) is 0 Å². The zero-order valence-electron chi connectivity index (χ0n) is 9.13. The highest BCUT2D eigenvalue weighted by atomic mass is 19.1. The number of nitriles is 1. The van der Waals surface area contributed by atoms with Gasteiger partial charge in [-0.05, 0) is 24.6 Å². The quantitative estimate of drug-likeness (QED) is 0.785. The lowest BCUT2D eigenvalue weighted by atomic mass is 10.1. The van der Waals surface area contributed by atoms with Crippen LogP contribution in [0.5, 0.6) is 0 Å². The van der Waals surface area contributed by atoms with Gasteiger partial charge >= 0.3 is 0 Å². The van der Waals surface area contributed by atoms with Crippen LogP contribution in [-0.2, 0) is 0 Å². The molecule has 0 fully saturated rings. The Hall–Kier alpha value is -2.00. The van der Waals surface area contributed by atoms with E-state index in [0.29, 0.717) is 17.7 Å². The number of terminal acetylenes is 1. The summed E-state index contributed by atoms with van der Waals surface area (Å²) in [6, 6.07) is 6.17. The first-order valence-corrected chi connectivity index (χ1v) is 5.11. The SMILES string of the molecule is C#CCC(CC)Nc1ccc(F)cc1C#N. The molecular weight excluding hydrogens is 203 g/mol. The zero-order valence-corrected chi connectivity index (χ0v) is 9.13. The maximum Gasteiger partial charge on any atom is 0.124 e. The monoisotopic (exact) mass is 216 g/mol. The maximum absolute atomic E-state index is 12.9. The summed E-state index contributed by atoms with van der Waals surface area (Å²) in [4.78, 5) is 0. The molecule has 0 heterocycles. The number of nitrogens with one attached hydrogen (secondary N) is 1. The summed E-state index contributed by atoms with van der Waals surface area (Å²) in [5, 5.41) is 12.0. The highest BCUT2D eigenvalue weighted by molar-refractivity contribution is 5.58. The van der Waals surface area contributed by atoms with Gasteiger partial charge in [-0.25, -0.2) is 4.39 Å². The molecule has 1 aromatic rings. The van der Waals surface area contributed by atoms with Crippen molar-refractivity contribution in [2.45, 2.75) is 25.8 Å². The minimum absolute atomic E-state index is 0.113. The third-order valence-corrected chi connectivity index (χ3v) is 2.32. The van der Waals surface area contributed by atoms with E-state index in [-0.39, 0.29) is 6.04 Å². The highest BCUT2D eigenvalue weighted by Gasteiger charge is 2.08. The maximum atomic E-state index is 12.9. The van der Waals surface area contributed by atoms with Crippen molar-refractivity contribution in [3.05, 3.63) is 29.6 Å². The van der Waals surface area contributed by atoms with Crippen LogP contribution in [0.3, 0.4) is 0 Å². The van der Waals surface area contributed by atoms with Gasteiger partial charge in [-0.15, -0.1) is 12.3 Å². The fraction of sp³-hybridized carbons (Fsp3) is 0.308. The molecule has 0 radical (unpaired) electrons. The first kappa shape index (κ1) is 12.1. The summed E-state index contributed by atoms with van der Waals surface area (Å²) >= 11 is 0. The van der Waals surface area contributed by atoms with Gasteiger partial charge in [0.25, 0.3) is 0 Å². The molecule has 1 atom stereocenters. The number of nitrogens with zero attached hydrogens (tertiary/aromatic N) is 1. The van der Waals surface area contributed by atoms with Crippen LogP contribution in [0.2, 0.25) is 0 Å². The first-order valence-electron chi connectivity index (χ1n) is 5.11. The molecule has 16 heavy (non-hydrogen) atoms. The minimum atomic E-state index is -0.410. The van der Waals surface area contributed by atoms with Crippen LogP contribution in [0.25, 0.3) is 0 Å². The average molecular weight is 216 g/mol. The molecule has 2 nitrogen and oxygen atoms in total. The predicted octanol–water partition coefficient (Wildman–Crippen LogP) is 2.91. The molecular formula is C13H13FN2. The van der Waals surface area contributed by atoms with Crippen LogP contribution >= 0.6 is 0 Å². The van der Waals surface area contributed by atoms with Crippen molar-refractivity contribution in [1.29, 1.82) is 5.26 Å². The van der Waals surface area contributed by atoms with Gasteiger partial charge in [-0.2, -0.15) is 5.26 Å². The van der Waals surface area contributed by atoms with Gasteiger partial charge in [0.15, 0.2) is 0 Å². The first-order chi connectivity index (χ1) is 7.71.